The van der Waals surface area contributed by atoms with Crippen molar-refractivity contribution in [3.8, 4) is 0 Å². The van der Waals surface area contributed by atoms with Gasteiger partial charge in [0.2, 0.25) is 0 Å². The summed E-state index contributed by atoms with van der Waals surface area (Å²) in [5.74, 6) is 3.11. The highest BCUT2D eigenvalue weighted by Gasteiger charge is 2.11. The van der Waals surface area contributed by atoms with E-state index < -0.39 is 11.8 Å². The molecule has 0 aromatic heterocycles. The van der Waals surface area contributed by atoms with E-state index in [0.717, 1.165) is 5.56 Å². The van der Waals surface area contributed by atoms with Crippen LogP contribution in [0.3, 0.4) is 0 Å². The Balaban J connectivity index is 3.09. The van der Waals surface area contributed by atoms with Crippen LogP contribution in [0.5, 0.6) is 0 Å². The number of benzene rings is 1. The molecule has 0 aliphatic rings. The van der Waals surface area contributed by atoms with E-state index in [1.54, 1.807) is 13.0 Å². The predicted octanol–water partition coefficient (Wildman–Crippen LogP) is 1.16. The molecule has 12 heavy (non-hydrogen) atoms. The molecule has 0 fully saturated rings. The molecule has 0 amide bonds. The third-order valence-electron chi connectivity index (χ3n) is 1.45. The minimum absolute atomic E-state index is 0.150. The number of nitrogens with two attached hydrogens (primary N) is 1. The first kappa shape index (κ1) is 8.67. The summed E-state index contributed by atoms with van der Waals surface area (Å²) in [4.78, 5) is 14.6. The lowest BCUT2D eigenvalue weighted by Crippen LogP contribution is -2.11. The van der Waals surface area contributed by atoms with Crippen LogP contribution in [0.4, 0.5) is 4.39 Å². The fourth-order valence-corrected chi connectivity index (χ4v) is 0.849. The molecule has 4 heteroatoms. The van der Waals surface area contributed by atoms with Gasteiger partial charge in [0.05, 0.1) is 5.56 Å². The number of halogens is 1. The molecule has 0 atom stereocenters. The zero-order valence-corrected chi connectivity index (χ0v) is 6.50. The third kappa shape index (κ3) is 1.60. The van der Waals surface area contributed by atoms with Crippen molar-refractivity contribution in [2.45, 2.75) is 6.92 Å². The molecule has 2 N–H and O–H groups in total. The van der Waals surface area contributed by atoms with Crippen molar-refractivity contribution in [2.75, 3.05) is 0 Å². The maximum Gasteiger partial charge on any atom is 0.359 e. The van der Waals surface area contributed by atoms with E-state index in [1.807, 2.05) is 0 Å². The highest BCUT2D eigenvalue weighted by molar-refractivity contribution is 5.89. The van der Waals surface area contributed by atoms with Gasteiger partial charge in [0.25, 0.3) is 0 Å². The average Bonchev–Trinajstić information content (AvgIpc) is 2.03. The summed E-state index contributed by atoms with van der Waals surface area (Å²) >= 11 is 0. The van der Waals surface area contributed by atoms with Gasteiger partial charge in [-0.2, -0.15) is 5.90 Å². The minimum atomic E-state index is -0.868. The van der Waals surface area contributed by atoms with Crippen molar-refractivity contribution in [3.05, 3.63) is 35.1 Å². The highest BCUT2D eigenvalue weighted by Crippen LogP contribution is 2.09. The molecule has 0 spiro atoms. The first-order valence-electron chi connectivity index (χ1n) is 3.32. The van der Waals surface area contributed by atoms with Crippen LogP contribution in [0, 0.1) is 12.7 Å². The number of rotatable bonds is 1. The van der Waals surface area contributed by atoms with E-state index in [-0.39, 0.29) is 5.56 Å². The van der Waals surface area contributed by atoms with Gasteiger partial charge in [-0.3, -0.25) is 0 Å². The summed E-state index contributed by atoms with van der Waals surface area (Å²) in [6.07, 6.45) is 0. The van der Waals surface area contributed by atoms with E-state index in [9.17, 15) is 9.18 Å². The zero-order valence-electron chi connectivity index (χ0n) is 6.50. The number of hydrogen-bond donors (Lipinski definition) is 1. The van der Waals surface area contributed by atoms with Gasteiger partial charge in [-0.1, -0.05) is 6.07 Å². The standard InChI is InChI=1S/C8H8FNO2/c1-5-2-3-6(7(9)4-5)8(11)12-10/h2-4H,10H2,1H3. The third-order valence-corrected chi connectivity index (χ3v) is 1.45. The van der Waals surface area contributed by atoms with Gasteiger partial charge >= 0.3 is 5.97 Å². The van der Waals surface area contributed by atoms with E-state index in [2.05, 4.69) is 10.7 Å². The lowest BCUT2D eigenvalue weighted by atomic mass is 10.1. The summed E-state index contributed by atoms with van der Waals surface area (Å²) in [5, 5.41) is 0. The summed E-state index contributed by atoms with van der Waals surface area (Å²) in [6, 6.07) is 4.18. The Hall–Kier alpha value is -1.42. The molecule has 0 bridgehead atoms. The molecule has 0 saturated heterocycles. The van der Waals surface area contributed by atoms with Crippen molar-refractivity contribution < 1.29 is 14.0 Å². The largest absolute Gasteiger partial charge is 0.370 e. The Morgan fingerprint density at radius 2 is 2.25 bits per heavy atom. The molecular formula is C8H8FNO2. The molecule has 1 aromatic carbocycles. The van der Waals surface area contributed by atoms with Gasteiger partial charge in [0.1, 0.15) is 5.82 Å². The van der Waals surface area contributed by atoms with E-state index in [0.29, 0.717) is 0 Å². The average molecular weight is 169 g/mol. The van der Waals surface area contributed by atoms with E-state index in [1.165, 1.54) is 12.1 Å². The Kier molecular flexibility index (Phi) is 2.40. The second-order valence-electron chi connectivity index (χ2n) is 2.39. The van der Waals surface area contributed by atoms with Gasteiger partial charge in [-0.05, 0) is 24.6 Å². The van der Waals surface area contributed by atoms with Crippen molar-refractivity contribution in [1.82, 2.24) is 0 Å². The minimum Gasteiger partial charge on any atom is -0.370 e. The van der Waals surface area contributed by atoms with Crippen LogP contribution in [-0.4, -0.2) is 5.97 Å². The second-order valence-corrected chi connectivity index (χ2v) is 2.39. The smallest absolute Gasteiger partial charge is 0.359 e. The Labute approximate surface area is 68.9 Å². The number of carbonyl (C=O) groups excluding carboxylic acids is 1. The number of hydrogen-bond acceptors (Lipinski definition) is 3. The van der Waals surface area contributed by atoms with Crippen LogP contribution in [0.1, 0.15) is 15.9 Å². The van der Waals surface area contributed by atoms with Gasteiger partial charge in [-0.25, -0.2) is 9.18 Å². The van der Waals surface area contributed by atoms with Crippen molar-refractivity contribution in [2.24, 2.45) is 5.90 Å². The Morgan fingerprint density at radius 3 is 2.75 bits per heavy atom. The van der Waals surface area contributed by atoms with Gasteiger partial charge in [0.15, 0.2) is 0 Å². The van der Waals surface area contributed by atoms with Gasteiger partial charge < -0.3 is 4.84 Å². The first-order valence-corrected chi connectivity index (χ1v) is 3.32. The maximum absolute atomic E-state index is 12.9. The fourth-order valence-electron chi connectivity index (χ4n) is 0.849. The molecular weight excluding hydrogens is 161 g/mol. The van der Waals surface area contributed by atoms with E-state index in [4.69, 9.17) is 0 Å². The van der Waals surface area contributed by atoms with Crippen LogP contribution in [0.15, 0.2) is 18.2 Å². The molecule has 0 radical (unpaired) electrons. The van der Waals surface area contributed by atoms with Crippen LogP contribution in [0.2, 0.25) is 0 Å². The molecule has 64 valence electrons. The molecule has 0 aliphatic heterocycles. The lowest BCUT2D eigenvalue weighted by molar-refractivity contribution is 0.0498. The fraction of sp³-hybridized carbons (Fsp3) is 0.125. The van der Waals surface area contributed by atoms with Crippen LogP contribution in [0.25, 0.3) is 0 Å². The monoisotopic (exact) mass is 169 g/mol. The molecule has 0 heterocycles. The van der Waals surface area contributed by atoms with E-state index >= 15 is 0 Å². The molecule has 1 rings (SSSR count). The summed E-state index contributed by atoms with van der Waals surface area (Å²) in [7, 11) is 0. The molecule has 1 aromatic rings. The second kappa shape index (κ2) is 3.32. The zero-order chi connectivity index (χ0) is 9.14. The number of carbonyl (C=O) groups is 1. The normalized spacial score (nSPS) is 9.58. The summed E-state index contributed by atoms with van der Waals surface area (Å²) < 4.78 is 12.9. The summed E-state index contributed by atoms with van der Waals surface area (Å²) in [6.45, 7) is 1.72. The Bertz CT molecular complexity index is 312. The Morgan fingerprint density at radius 1 is 1.58 bits per heavy atom. The van der Waals surface area contributed by atoms with Crippen LogP contribution < -0.4 is 5.90 Å². The van der Waals surface area contributed by atoms with Crippen molar-refractivity contribution in [3.63, 3.8) is 0 Å². The van der Waals surface area contributed by atoms with Crippen molar-refractivity contribution in [1.29, 1.82) is 0 Å². The lowest BCUT2D eigenvalue weighted by Gasteiger charge is -2.00. The molecule has 0 saturated carbocycles. The quantitative estimate of drug-likeness (QED) is 0.642. The first-order chi connectivity index (χ1) is 5.65. The van der Waals surface area contributed by atoms with Gasteiger partial charge in [0, 0.05) is 0 Å². The molecule has 0 aliphatic carbocycles. The van der Waals surface area contributed by atoms with Crippen molar-refractivity contribution >= 4 is 5.97 Å². The maximum atomic E-state index is 12.9. The van der Waals surface area contributed by atoms with Crippen LogP contribution >= 0.6 is 0 Å². The molecule has 3 nitrogen and oxygen atoms in total. The SMILES string of the molecule is Cc1ccc(C(=O)ON)c(F)c1. The van der Waals surface area contributed by atoms with Gasteiger partial charge in [-0.15, -0.1) is 0 Å². The number of aryl methyl sites for hydroxylation is 1. The molecule has 0 unspecified atom stereocenters. The summed E-state index contributed by atoms with van der Waals surface area (Å²) in [5.41, 5.74) is 0.587. The topological polar surface area (TPSA) is 52.3 Å². The van der Waals surface area contributed by atoms with Crippen LogP contribution in [-0.2, 0) is 4.84 Å². The highest BCUT2D eigenvalue weighted by atomic mass is 19.1. The predicted molar refractivity (Wildman–Crippen MR) is 40.7 cm³/mol.